The molecular formula is C28H34F2N6O3. The number of fused-ring (bicyclic) bond motifs is 1. The number of nitrogens with one attached hydrogen (secondary N) is 2. The number of ether oxygens (including phenoxy) is 1. The lowest BCUT2D eigenvalue weighted by Crippen LogP contribution is -2.37. The number of imidazole rings is 1. The molecule has 2 aliphatic rings. The molecule has 2 fully saturated rings. The van der Waals surface area contributed by atoms with Crippen molar-refractivity contribution >= 4 is 17.5 Å². The average Bonchev–Trinajstić information content (AvgIpc) is 3.68. The van der Waals surface area contributed by atoms with E-state index in [0.717, 1.165) is 24.8 Å². The van der Waals surface area contributed by atoms with Gasteiger partial charge in [0.1, 0.15) is 5.69 Å². The van der Waals surface area contributed by atoms with Crippen LogP contribution in [-0.4, -0.2) is 44.4 Å². The smallest absolute Gasteiger partial charge is 0.270 e. The van der Waals surface area contributed by atoms with Crippen molar-refractivity contribution in [3.63, 3.8) is 0 Å². The molecule has 0 unspecified atom stereocenters. The van der Waals surface area contributed by atoms with Crippen LogP contribution >= 0.6 is 0 Å². The van der Waals surface area contributed by atoms with Gasteiger partial charge in [0.15, 0.2) is 5.65 Å². The molecule has 0 spiro atoms. The second kappa shape index (κ2) is 11.2. The van der Waals surface area contributed by atoms with E-state index in [4.69, 9.17) is 9.72 Å². The Balaban J connectivity index is 1.43. The van der Waals surface area contributed by atoms with Crippen LogP contribution in [0.4, 0.5) is 8.78 Å². The third-order valence-corrected chi connectivity index (χ3v) is 7.61. The highest BCUT2D eigenvalue weighted by molar-refractivity contribution is 5.92. The van der Waals surface area contributed by atoms with Gasteiger partial charge in [-0.15, -0.1) is 0 Å². The molecule has 39 heavy (non-hydrogen) atoms. The number of carbonyl (C=O) groups is 2. The van der Waals surface area contributed by atoms with Crippen molar-refractivity contribution in [3.05, 3.63) is 53.6 Å². The van der Waals surface area contributed by atoms with Gasteiger partial charge in [-0.05, 0) is 61.6 Å². The molecule has 0 radical (unpaired) electrons. The van der Waals surface area contributed by atoms with Crippen LogP contribution < -0.4 is 15.4 Å². The van der Waals surface area contributed by atoms with Crippen molar-refractivity contribution in [1.82, 2.24) is 30.2 Å². The minimum Gasteiger partial charge on any atom is -0.481 e. The Labute approximate surface area is 225 Å². The summed E-state index contributed by atoms with van der Waals surface area (Å²) in [6, 6.07) is 6.06. The highest BCUT2D eigenvalue weighted by Gasteiger charge is 2.40. The summed E-state index contributed by atoms with van der Waals surface area (Å²) in [6.07, 6.45) is 6.83. The number of carbonyl (C=O) groups excluding carboxylic acids is 2. The predicted molar refractivity (Wildman–Crippen MR) is 139 cm³/mol. The van der Waals surface area contributed by atoms with Crippen LogP contribution in [0, 0.1) is 11.8 Å². The molecule has 9 nitrogen and oxygen atoms in total. The Bertz CT molecular complexity index is 1330. The number of aromatic nitrogens is 4. The van der Waals surface area contributed by atoms with Gasteiger partial charge in [-0.3, -0.25) is 9.59 Å². The first-order valence-electron chi connectivity index (χ1n) is 13.6. The van der Waals surface area contributed by atoms with E-state index < -0.39 is 17.9 Å². The Hall–Kier alpha value is -3.63. The zero-order chi connectivity index (χ0) is 27.6. The van der Waals surface area contributed by atoms with Crippen LogP contribution in [0.5, 0.6) is 5.88 Å². The number of amides is 2. The minimum atomic E-state index is -2.70. The van der Waals surface area contributed by atoms with Gasteiger partial charge < -0.3 is 15.4 Å². The van der Waals surface area contributed by atoms with Crippen LogP contribution in [0.1, 0.15) is 92.1 Å². The summed E-state index contributed by atoms with van der Waals surface area (Å²) >= 11 is 0. The van der Waals surface area contributed by atoms with E-state index in [0.29, 0.717) is 29.6 Å². The first-order chi connectivity index (χ1) is 18.8. The molecule has 0 saturated heterocycles. The van der Waals surface area contributed by atoms with Crippen LogP contribution in [0.2, 0.25) is 0 Å². The number of halogens is 2. The first-order valence-corrected chi connectivity index (χ1v) is 13.6. The van der Waals surface area contributed by atoms with Gasteiger partial charge in [0.05, 0.1) is 37.3 Å². The highest BCUT2D eigenvalue weighted by atomic mass is 19.3. The lowest BCUT2D eigenvalue weighted by molar-refractivity contribution is -0.122. The van der Waals surface area contributed by atoms with E-state index >= 15 is 0 Å². The number of rotatable bonds is 10. The van der Waals surface area contributed by atoms with E-state index in [2.05, 4.69) is 20.7 Å². The summed E-state index contributed by atoms with van der Waals surface area (Å²) in [6.45, 7) is 1.97. The van der Waals surface area contributed by atoms with Gasteiger partial charge >= 0.3 is 0 Å². The van der Waals surface area contributed by atoms with Gasteiger partial charge in [-0.25, -0.2) is 23.3 Å². The summed E-state index contributed by atoms with van der Waals surface area (Å²) in [7, 11) is 1.47. The molecule has 0 aromatic carbocycles. The lowest BCUT2D eigenvalue weighted by atomic mass is 9.81. The fourth-order valence-corrected chi connectivity index (χ4v) is 5.30. The molecule has 5 rings (SSSR count). The molecule has 0 aliphatic heterocycles. The van der Waals surface area contributed by atoms with Gasteiger partial charge in [0.25, 0.3) is 5.91 Å². The van der Waals surface area contributed by atoms with E-state index in [-0.39, 0.29) is 49.2 Å². The van der Waals surface area contributed by atoms with E-state index in [1.165, 1.54) is 7.11 Å². The minimum absolute atomic E-state index is 0.0151. The van der Waals surface area contributed by atoms with E-state index in [9.17, 15) is 18.4 Å². The molecule has 2 saturated carbocycles. The van der Waals surface area contributed by atoms with Crippen molar-refractivity contribution in [1.29, 1.82) is 0 Å². The molecule has 3 aromatic heterocycles. The average molecular weight is 541 g/mol. The predicted octanol–water partition coefficient (Wildman–Crippen LogP) is 4.80. The number of nitrogens with zero attached hydrogens (tertiary/aromatic N) is 4. The molecule has 2 aliphatic carbocycles. The number of hydrogen-bond donors (Lipinski definition) is 2. The second-order valence-corrected chi connectivity index (χ2v) is 10.6. The zero-order valence-corrected chi connectivity index (χ0v) is 22.2. The Morgan fingerprint density at radius 1 is 1.10 bits per heavy atom. The molecule has 208 valence electrons. The Morgan fingerprint density at radius 2 is 1.85 bits per heavy atom. The molecule has 3 heterocycles. The van der Waals surface area contributed by atoms with Crippen molar-refractivity contribution in [2.24, 2.45) is 11.8 Å². The standard InChI is InChI=1S/C28H34F2N6O3/c1-3-5-23(37)34-25(17-8-9-17)19-14-22-32-21(16-36(22)31-15-19)26(18-10-12-28(29,30)13-11-18)35-27(38)20-6-4-7-24(33-20)39-2/h4,6-7,14-18,25-26H,3,5,8-13H2,1-2H3,(H,34,37)(H,35,38)/t25-,26+/m1/s1. The maximum absolute atomic E-state index is 14.0. The van der Waals surface area contributed by atoms with Gasteiger partial charge in [0, 0.05) is 25.3 Å². The summed E-state index contributed by atoms with van der Waals surface area (Å²) in [5.74, 6) is -2.67. The van der Waals surface area contributed by atoms with Crippen molar-refractivity contribution in [2.45, 2.75) is 76.3 Å². The molecule has 11 heteroatoms. The Kier molecular flexibility index (Phi) is 7.76. The van der Waals surface area contributed by atoms with Crippen molar-refractivity contribution < 1.29 is 23.1 Å². The quantitative estimate of drug-likeness (QED) is 0.382. The van der Waals surface area contributed by atoms with Crippen LogP contribution in [0.25, 0.3) is 5.65 Å². The summed E-state index contributed by atoms with van der Waals surface area (Å²) in [5, 5.41) is 10.7. The lowest BCUT2D eigenvalue weighted by Gasteiger charge is -2.33. The molecule has 0 bridgehead atoms. The maximum atomic E-state index is 14.0. The van der Waals surface area contributed by atoms with Crippen LogP contribution in [0.3, 0.4) is 0 Å². The number of methoxy groups -OCH3 is 1. The number of pyridine rings is 1. The van der Waals surface area contributed by atoms with Crippen LogP contribution in [-0.2, 0) is 4.79 Å². The third-order valence-electron chi connectivity index (χ3n) is 7.61. The number of alkyl halides is 2. The number of hydrogen-bond acceptors (Lipinski definition) is 6. The monoisotopic (exact) mass is 540 g/mol. The van der Waals surface area contributed by atoms with Gasteiger partial charge in [0.2, 0.25) is 17.7 Å². The molecule has 2 N–H and O–H groups in total. The molecule has 2 amide bonds. The topological polar surface area (TPSA) is 111 Å². The Morgan fingerprint density at radius 3 is 2.54 bits per heavy atom. The largest absolute Gasteiger partial charge is 0.481 e. The first kappa shape index (κ1) is 27.0. The molecular weight excluding hydrogens is 506 g/mol. The summed E-state index contributed by atoms with van der Waals surface area (Å²) < 4.78 is 34.7. The SMILES string of the molecule is CCCC(=O)N[C@@H](c1cnn2cc([C@@H](NC(=O)c3cccc(OC)n3)C3CCC(F)(F)CC3)nc2c1)C1CC1. The van der Waals surface area contributed by atoms with E-state index in [1.807, 2.05) is 13.0 Å². The fraction of sp³-hybridized carbons (Fsp3) is 0.536. The summed E-state index contributed by atoms with van der Waals surface area (Å²) in [5.41, 5.74) is 2.16. The zero-order valence-electron chi connectivity index (χ0n) is 22.2. The normalized spacial score (nSPS) is 18.9. The van der Waals surface area contributed by atoms with E-state index in [1.54, 1.807) is 35.1 Å². The van der Waals surface area contributed by atoms with Crippen LogP contribution in [0.15, 0.2) is 36.7 Å². The van der Waals surface area contributed by atoms with Crippen molar-refractivity contribution in [2.75, 3.05) is 7.11 Å². The molecule has 3 aromatic rings. The molecule has 2 atom stereocenters. The van der Waals surface area contributed by atoms with Crippen molar-refractivity contribution in [3.8, 4) is 5.88 Å². The summed E-state index contributed by atoms with van der Waals surface area (Å²) in [4.78, 5) is 34.5. The van der Waals surface area contributed by atoms with Gasteiger partial charge in [-0.2, -0.15) is 5.10 Å². The van der Waals surface area contributed by atoms with Gasteiger partial charge in [-0.1, -0.05) is 13.0 Å². The third kappa shape index (κ3) is 6.34. The maximum Gasteiger partial charge on any atom is 0.270 e. The highest BCUT2D eigenvalue weighted by Crippen LogP contribution is 2.42. The fourth-order valence-electron chi connectivity index (χ4n) is 5.30. The second-order valence-electron chi connectivity index (χ2n) is 10.6.